The van der Waals surface area contributed by atoms with Gasteiger partial charge in [0.1, 0.15) is 5.72 Å². The SMILES string of the molecule is CCCCC/C=C\C/C=C\CCCCCCCCC1(CCCCCCCC/C=C\C/C=C\CCCCC)N[C@H]2CN(CCc3cccnc3)C[C@@H]2O1. The molecule has 1 N–H and O–H groups in total. The smallest absolute Gasteiger partial charge is 0.120 e. The van der Waals surface area contributed by atoms with Crippen molar-refractivity contribution in [3.05, 3.63) is 78.7 Å². The van der Waals surface area contributed by atoms with Crippen LogP contribution in [0.25, 0.3) is 0 Å². The first-order valence-corrected chi connectivity index (χ1v) is 22.4. The van der Waals surface area contributed by atoms with Gasteiger partial charge in [-0.2, -0.15) is 0 Å². The Hall–Kier alpha value is -2.01. The Bertz CT molecular complexity index is 1010. The van der Waals surface area contributed by atoms with E-state index >= 15 is 0 Å². The van der Waals surface area contributed by atoms with Crippen molar-refractivity contribution < 1.29 is 4.74 Å². The van der Waals surface area contributed by atoms with Gasteiger partial charge in [0.05, 0.1) is 6.10 Å². The number of ether oxygens (including phenoxy) is 1. The number of allylic oxidation sites excluding steroid dienone is 8. The van der Waals surface area contributed by atoms with Crippen LogP contribution in [0.1, 0.15) is 186 Å². The minimum Gasteiger partial charge on any atom is -0.354 e. The highest BCUT2D eigenvalue weighted by Crippen LogP contribution is 2.35. The monoisotopic (exact) mass is 716 g/mol. The van der Waals surface area contributed by atoms with Crippen molar-refractivity contribution >= 4 is 0 Å². The molecule has 2 saturated heterocycles. The second kappa shape index (κ2) is 30.3. The maximum Gasteiger partial charge on any atom is 0.120 e. The van der Waals surface area contributed by atoms with Gasteiger partial charge >= 0.3 is 0 Å². The third-order valence-electron chi connectivity index (χ3n) is 11.2. The first kappa shape index (κ1) is 44.4. The van der Waals surface area contributed by atoms with Gasteiger partial charge in [0, 0.05) is 38.1 Å². The van der Waals surface area contributed by atoms with Gasteiger partial charge in [0.15, 0.2) is 0 Å². The molecule has 4 heteroatoms. The van der Waals surface area contributed by atoms with Crippen LogP contribution < -0.4 is 5.32 Å². The fourth-order valence-electron chi connectivity index (χ4n) is 7.97. The number of unbranched alkanes of at least 4 members (excludes halogenated alkanes) is 18. The Morgan fingerprint density at radius 3 is 1.63 bits per heavy atom. The lowest BCUT2D eigenvalue weighted by Gasteiger charge is -2.32. The van der Waals surface area contributed by atoms with Crippen LogP contribution in [0.4, 0.5) is 0 Å². The highest BCUT2D eigenvalue weighted by Gasteiger charge is 2.48. The number of pyridine rings is 1. The van der Waals surface area contributed by atoms with E-state index in [0.29, 0.717) is 12.1 Å². The van der Waals surface area contributed by atoms with Crippen LogP contribution in [-0.4, -0.2) is 47.4 Å². The van der Waals surface area contributed by atoms with Crippen molar-refractivity contribution in [1.82, 2.24) is 15.2 Å². The Morgan fingerprint density at radius 2 is 1.15 bits per heavy atom. The standard InChI is InChI=1S/C48H81N3O/c1-3-5-7-9-11-13-15-17-19-21-23-25-27-29-31-33-38-48(39-34-32-30-28-26-24-22-20-18-16-14-12-10-8-6-4-2)50-46-43-51(44-47(46)52-48)41-37-45-36-35-40-49-42-45/h11-14,17-20,35-36,40,42,46-47,50H,3-10,15-16,21-34,37-39,41,43-44H2,1-2H3/b13-11-,14-12-,19-17-,20-18-/t46-,47-/m0/s1. The summed E-state index contributed by atoms with van der Waals surface area (Å²) in [5.74, 6) is 0. The fraction of sp³-hybridized carbons (Fsp3) is 0.729. The van der Waals surface area contributed by atoms with E-state index in [2.05, 4.69) is 89.8 Å². The number of nitrogens with one attached hydrogen (secondary N) is 1. The molecule has 0 unspecified atom stereocenters. The molecular weight excluding hydrogens is 635 g/mol. The van der Waals surface area contributed by atoms with E-state index in [1.54, 1.807) is 0 Å². The lowest BCUT2D eigenvalue weighted by atomic mass is 9.96. The molecule has 52 heavy (non-hydrogen) atoms. The molecule has 2 fully saturated rings. The Morgan fingerprint density at radius 1 is 0.654 bits per heavy atom. The molecule has 0 aliphatic carbocycles. The van der Waals surface area contributed by atoms with E-state index in [9.17, 15) is 0 Å². The number of aromatic nitrogens is 1. The topological polar surface area (TPSA) is 37.4 Å². The second-order valence-corrected chi connectivity index (χ2v) is 15.9. The summed E-state index contributed by atoms with van der Waals surface area (Å²) < 4.78 is 7.01. The Kier molecular flexibility index (Phi) is 25.9. The van der Waals surface area contributed by atoms with Crippen molar-refractivity contribution in [2.75, 3.05) is 19.6 Å². The average Bonchev–Trinajstić information content (AvgIpc) is 3.70. The zero-order valence-electron chi connectivity index (χ0n) is 34.1. The summed E-state index contributed by atoms with van der Waals surface area (Å²) in [6, 6.07) is 4.72. The van der Waals surface area contributed by atoms with Crippen molar-refractivity contribution in [3.63, 3.8) is 0 Å². The van der Waals surface area contributed by atoms with E-state index in [1.165, 1.54) is 160 Å². The molecule has 2 aliphatic heterocycles. The van der Waals surface area contributed by atoms with E-state index in [-0.39, 0.29) is 5.72 Å². The average molecular weight is 716 g/mol. The Balaban J connectivity index is 1.28. The minimum atomic E-state index is -0.102. The third-order valence-corrected chi connectivity index (χ3v) is 11.2. The number of likely N-dealkylation sites (tertiary alicyclic amines) is 1. The van der Waals surface area contributed by atoms with Crippen LogP contribution in [-0.2, 0) is 11.2 Å². The van der Waals surface area contributed by atoms with Crippen molar-refractivity contribution in [3.8, 4) is 0 Å². The largest absolute Gasteiger partial charge is 0.354 e. The summed E-state index contributed by atoms with van der Waals surface area (Å²) in [6.45, 7) is 7.81. The van der Waals surface area contributed by atoms with Gasteiger partial charge in [0.2, 0.25) is 0 Å². The molecular formula is C48H81N3O. The quantitative estimate of drug-likeness (QED) is 0.0581. The van der Waals surface area contributed by atoms with Gasteiger partial charge in [-0.3, -0.25) is 15.2 Å². The molecule has 1 aromatic rings. The molecule has 0 aromatic carbocycles. The van der Waals surface area contributed by atoms with Gasteiger partial charge in [-0.05, 0) is 108 Å². The van der Waals surface area contributed by atoms with E-state index in [4.69, 9.17) is 4.74 Å². The normalized spacial score (nSPS) is 19.0. The first-order valence-electron chi connectivity index (χ1n) is 22.4. The third kappa shape index (κ3) is 21.0. The molecule has 0 spiro atoms. The van der Waals surface area contributed by atoms with Crippen molar-refractivity contribution in [1.29, 1.82) is 0 Å². The molecule has 3 rings (SSSR count). The van der Waals surface area contributed by atoms with Crippen molar-refractivity contribution in [2.45, 2.75) is 205 Å². The van der Waals surface area contributed by atoms with Gasteiger partial charge < -0.3 is 4.74 Å². The maximum absolute atomic E-state index is 7.01. The second-order valence-electron chi connectivity index (χ2n) is 15.9. The molecule has 1 aromatic heterocycles. The lowest BCUT2D eigenvalue weighted by Crippen LogP contribution is -2.46. The molecule has 4 nitrogen and oxygen atoms in total. The summed E-state index contributed by atoms with van der Waals surface area (Å²) >= 11 is 0. The van der Waals surface area contributed by atoms with Crippen LogP contribution in [0.3, 0.4) is 0 Å². The van der Waals surface area contributed by atoms with Gasteiger partial charge in [-0.25, -0.2) is 0 Å². The van der Waals surface area contributed by atoms with Gasteiger partial charge in [-0.1, -0.05) is 146 Å². The zero-order chi connectivity index (χ0) is 36.6. The summed E-state index contributed by atoms with van der Waals surface area (Å²) in [7, 11) is 0. The number of rotatable bonds is 33. The highest BCUT2D eigenvalue weighted by molar-refractivity contribution is 5.09. The van der Waals surface area contributed by atoms with Gasteiger partial charge in [-0.15, -0.1) is 0 Å². The number of nitrogens with zero attached hydrogens (tertiary/aromatic N) is 2. The summed E-state index contributed by atoms with van der Waals surface area (Å²) in [6.07, 6.45) is 57.8. The molecule has 2 aliphatic rings. The van der Waals surface area contributed by atoms with Crippen LogP contribution in [0, 0.1) is 0 Å². The summed E-state index contributed by atoms with van der Waals surface area (Å²) in [4.78, 5) is 6.90. The Labute approximate surface area is 322 Å². The molecule has 294 valence electrons. The number of hydrogen-bond acceptors (Lipinski definition) is 4. The van der Waals surface area contributed by atoms with Crippen LogP contribution in [0.5, 0.6) is 0 Å². The maximum atomic E-state index is 7.01. The lowest BCUT2D eigenvalue weighted by molar-refractivity contribution is -0.0678. The van der Waals surface area contributed by atoms with Crippen molar-refractivity contribution in [2.24, 2.45) is 0 Å². The molecule has 0 amide bonds. The minimum absolute atomic E-state index is 0.102. The molecule has 0 radical (unpaired) electrons. The predicted molar refractivity (Wildman–Crippen MR) is 227 cm³/mol. The number of fused-ring (bicyclic) bond motifs is 1. The van der Waals surface area contributed by atoms with Crippen LogP contribution in [0.2, 0.25) is 0 Å². The van der Waals surface area contributed by atoms with Crippen LogP contribution >= 0.6 is 0 Å². The zero-order valence-corrected chi connectivity index (χ0v) is 34.1. The number of hydrogen-bond donors (Lipinski definition) is 1. The first-order chi connectivity index (χ1) is 25.7. The molecule has 3 heterocycles. The van der Waals surface area contributed by atoms with Crippen LogP contribution in [0.15, 0.2) is 73.1 Å². The van der Waals surface area contributed by atoms with E-state index in [1.807, 2.05) is 12.4 Å². The van der Waals surface area contributed by atoms with E-state index < -0.39 is 0 Å². The van der Waals surface area contributed by atoms with E-state index in [0.717, 1.165) is 38.9 Å². The molecule has 2 atom stereocenters. The highest BCUT2D eigenvalue weighted by atomic mass is 16.5. The predicted octanol–water partition coefficient (Wildman–Crippen LogP) is 13.4. The summed E-state index contributed by atoms with van der Waals surface area (Å²) in [5.41, 5.74) is 1.23. The molecule has 0 saturated carbocycles. The molecule has 0 bridgehead atoms. The van der Waals surface area contributed by atoms with Gasteiger partial charge in [0.25, 0.3) is 0 Å². The fourth-order valence-corrected chi connectivity index (χ4v) is 7.97. The summed E-state index contributed by atoms with van der Waals surface area (Å²) in [5, 5.41) is 4.10.